The maximum absolute atomic E-state index is 4.59. The normalized spacial score (nSPS) is 11.2. The minimum atomic E-state index is 0.395. The fraction of sp³-hybridized carbons (Fsp3) is 0. The Bertz CT molecular complexity index is 866. The van der Waals surface area contributed by atoms with Crippen LogP contribution in [-0.2, 0) is 0 Å². The van der Waals surface area contributed by atoms with E-state index in [1.165, 1.54) is 19.3 Å². The van der Waals surface area contributed by atoms with E-state index in [0.29, 0.717) is 14.5 Å². The van der Waals surface area contributed by atoms with Crippen LogP contribution in [0.25, 0.3) is 30.6 Å². The second-order valence-electron chi connectivity index (χ2n) is 4.41. The Labute approximate surface area is 116 Å². The van der Waals surface area contributed by atoms with E-state index < -0.39 is 0 Å². The molecule has 3 heteroatoms. The Morgan fingerprint density at radius 1 is 0.842 bits per heavy atom. The topological polar surface area (TPSA) is 25.8 Å². The molecule has 4 rings (SSSR count). The predicted molar refractivity (Wildman–Crippen MR) is 79.4 cm³/mol. The minimum absolute atomic E-state index is 0.395. The van der Waals surface area contributed by atoms with Gasteiger partial charge in [0.05, 0.1) is 0 Å². The van der Waals surface area contributed by atoms with Gasteiger partial charge in [-0.25, -0.2) is 0 Å². The first kappa shape index (κ1) is 10.9. The van der Waals surface area contributed by atoms with Crippen molar-refractivity contribution < 1.29 is 0 Å². The first-order chi connectivity index (χ1) is 9.42. The van der Waals surface area contributed by atoms with Crippen molar-refractivity contribution in [3.05, 3.63) is 61.1 Å². The van der Waals surface area contributed by atoms with Gasteiger partial charge < -0.3 is 0 Å². The van der Waals surface area contributed by atoms with Gasteiger partial charge in [0.2, 0.25) is 0 Å². The molecule has 3 heterocycles. The molecule has 0 radical (unpaired) electrons. The molecule has 0 aliphatic rings. The number of fused-ring (bicyclic) bond motifs is 3. The van der Waals surface area contributed by atoms with E-state index >= 15 is 0 Å². The molecule has 0 aliphatic carbocycles. The molecule has 0 saturated carbocycles. The number of nitrogens with zero attached hydrogens (tertiary/aromatic N) is 2. The molecule has 3 aromatic heterocycles. The molecule has 0 spiro atoms. The van der Waals surface area contributed by atoms with Gasteiger partial charge in [-0.05, 0) is 0 Å². The van der Waals surface area contributed by atoms with Crippen molar-refractivity contribution in [2.75, 3.05) is 0 Å². The molecule has 0 aliphatic heterocycles. The zero-order valence-electron chi connectivity index (χ0n) is 10.1. The fourth-order valence-electron chi connectivity index (χ4n) is 2.29. The van der Waals surface area contributed by atoms with Crippen LogP contribution in [0.15, 0.2) is 61.1 Å². The molecule has 0 N–H and O–H groups in total. The molecule has 1 aromatic carbocycles. The summed E-state index contributed by atoms with van der Waals surface area (Å²) in [4.78, 5) is 8.75. The summed E-state index contributed by atoms with van der Waals surface area (Å²) in [5, 5.41) is 2.64. The van der Waals surface area contributed by atoms with Crippen LogP contribution in [0.2, 0.25) is 0 Å². The summed E-state index contributed by atoms with van der Waals surface area (Å²) in [7, 11) is 0. The number of hydrogen-bond acceptors (Lipinski definition) is 2. The van der Waals surface area contributed by atoms with Crippen molar-refractivity contribution in [3.63, 3.8) is 0 Å². The van der Waals surface area contributed by atoms with E-state index in [1.54, 1.807) is 6.20 Å². The summed E-state index contributed by atoms with van der Waals surface area (Å²) >= 11 is 0.395. The van der Waals surface area contributed by atoms with E-state index in [9.17, 15) is 0 Å². The van der Waals surface area contributed by atoms with Gasteiger partial charge in [-0.1, -0.05) is 0 Å². The number of benzene rings is 1. The molecule has 0 bridgehead atoms. The van der Waals surface area contributed by atoms with Crippen molar-refractivity contribution in [2.24, 2.45) is 0 Å². The molecule has 2 nitrogen and oxygen atoms in total. The van der Waals surface area contributed by atoms with Gasteiger partial charge in [0.25, 0.3) is 0 Å². The number of hydrogen-bond donors (Lipinski definition) is 0. The third-order valence-corrected chi connectivity index (χ3v) is 5.60. The molecule has 19 heavy (non-hydrogen) atoms. The van der Waals surface area contributed by atoms with E-state index in [2.05, 4.69) is 46.4 Å². The molecule has 0 unspecified atom stereocenters. The van der Waals surface area contributed by atoms with Gasteiger partial charge in [0.1, 0.15) is 0 Å². The Morgan fingerprint density at radius 2 is 1.79 bits per heavy atom. The van der Waals surface area contributed by atoms with E-state index in [0.717, 1.165) is 11.3 Å². The molecule has 0 saturated heterocycles. The Balaban J connectivity index is 1.99. The van der Waals surface area contributed by atoms with Gasteiger partial charge in [-0.15, -0.1) is 0 Å². The monoisotopic (exact) mass is 310 g/mol. The summed E-state index contributed by atoms with van der Waals surface area (Å²) in [5.41, 5.74) is 2.10. The molecule has 0 amide bonds. The van der Waals surface area contributed by atoms with Gasteiger partial charge in [-0.3, -0.25) is 0 Å². The molecule has 4 aromatic rings. The van der Waals surface area contributed by atoms with Crippen LogP contribution in [0.4, 0.5) is 0 Å². The van der Waals surface area contributed by atoms with Gasteiger partial charge in [-0.2, -0.15) is 0 Å². The van der Waals surface area contributed by atoms with Crippen molar-refractivity contribution >= 4 is 33.8 Å². The average Bonchev–Trinajstić information content (AvgIpc) is 2.86. The van der Waals surface area contributed by atoms with E-state index in [-0.39, 0.29) is 0 Å². The molecular formula is C16H10N2Se. The second-order valence-corrected chi connectivity index (χ2v) is 6.68. The molecule has 0 atom stereocenters. The third kappa shape index (κ3) is 1.79. The third-order valence-electron chi connectivity index (χ3n) is 3.22. The van der Waals surface area contributed by atoms with Crippen molar-refractivity contribution in [3.8, 4) is 11.3 Å². The van der Waals surface area contributed by atoms with Crippen molar-refractivity contribution in [2.45, 2.75) is 0 Å². The van der Waals surface area contributed by atoms with E-state index in [4.69, 9.17) is 0 Å². The second kappa shape index (κ2) is 4.30. The summed E-state index contributed by atoms with van der Waals surface area (Å²) in [5.74, 6) is 0. The van der Waals surface area contributed by atoms with Crippen LogP contribution in [0.5, 0.6) is 0 Å². The van der Waals surface area contributed by atoms with Crippen LogP contribution in [-0.4, -0.2) is 24.5 Å². The van der Waals surface area contributed by atoms with Crippen LogP contribution < -0.4 is 0 Å². The summed E-state index contributed by atoms with van der Waals surface area (Å²) in [6, 6.07) is 14.8. The van der Waals surface area contributed by atoms with Crippen molar-refractivity contribution in [1.29, 1.82) is 0 Å². The average molecular weight is 309 g/mol. The predicted octanol–water partition coefficient (Wildman–Crippen LogP) is 3.51. The van der Waals surface area contributed by atoms with Crippen LogP contribution in [0.1, 0.15) is 0 Å². The first-order valence-electron chi connectivity index (χ1n) is 6.09. The maximum atomic E-state index is 4.59. The Kier molecular flexibility index (Phi) is 2.47. The number of aromatic nitrogens is 2. The summed E-state index contributed by atoms with van der Waals surface area (Å²) in [6.45, 7) is 0. The summed E-state index contributed by atoms with van der Waals surface area (Å²) < 4.78 is 2.87. The number of pyridine rings is 2. The Morgan fingerprint density at radius 3 is 2.68 bits per heavy atom. The standard InChI is InChI=1S/C16H10N2Se/c1-2-6-15-12(5-1)13-10-18-14(8-16(13)19-15)11-4-3-7-17-9-11/h1-10H. The number of rotatable bonds is 1. The van der Waals surface area contributed by atoms with Gasteiger partial charge in [0, 0.05) is 0 Å². The van der Waals surface area contributed by atoms with Gasteiger partial charge >= 0.3 is 116 Å². The van der Waals surface area contributed by atoms with Crippen LogP contribution in [0.3, 0.4) is 0 Å². The van der Waals surface area contributed by atoms with Crippen molar-refractivity contribution in [1.82, 2.24) is 9.97 Å². The SMILES string of the molecule is c1cncc(-c2cc3[se]c4ccccc4c3cn2)c1. The zero-order valence-corrected chi connectivity index (χ0v) is 11.8. The van der Waals surface area contributed by atoms with Crippen LogP contribution >= 0.6 is 0 Å². The molecule has 90 valence electrons. The zero-order chi connectivity index (χ0) is 12.7. The van der Waals surface area contributed by atoms with Crippen LogP contribution in [0, 0.1) is 0 Å². The molecule has 0 fully saturated rings. The van der Waals surface area contributed by atoms with E-state index in [1.807, 2.05) is 18.5 Å². The first-order valence-corrected chi connectivity index (χ1v) is 7.81. The quantitative estimate of drug-likeness (QED) is 0.503. The fourth-order valence-corrected chi connectivity index (χ4v) is 4.63. The molecular weight excluding hydrogens is 299 g/mol. The van der Waals surface area contributed by atoms with Gasteiger partial charge in [0.15, 0.2) is 0 Å². The Hall–Kier alpha value is -1.96. The summed E-state index contributed by atoms with van der Waals surface area (Å²) in [6.07, 6.45) is 5.66.